The first-order chi connectivity index (χ1) is 33.0. The van der Waals surface area contributed by atoms with Crippen molar-refractivity contribution in [3.63, 3.8) is 0 Å². The van der Waals surface area contributed by atoms with Crippen LogP contribution in [-0.4, -0.2) is 22.6 Å². The number of furan rings is 1. The minimum absolute atomic E-state index is 0. The fourth-order valence-electron chi connectivity index (χ4n) is 9.13. The third-order valence-electron chi connectivity index (χ3n) is 12.6. The zero-order valence-electron chi connectivity index (χ0n) is 41.6. The van der Waals surface area contributed by atoms with Crippen molar-refractivity contribution in [2.24, 2.45) is 0 Å². The summed E-state index contributed by atoms with van der Waals surface area (Å²) in [5.74, 6) is 0.782. The molecule has 0 aliphatic carbocycles. The van der Waals surface area contributed by atoms with E-state index in [1.165, 1.54) is 39.6 Å². The van der Waals surface area contributed by atoms with E-state index < -0.39 is 14.9 Å². The first-order valence-electron chi connectivity index (χ1n) is 24.1. The zero-order valence-corrected chi connectivity index (χ0v) is 42.0. The molecule has 11 rings (SSSR count). The molecule has 0 atom stereocenters. The molecular weight excluding hydrogens is 1020 g/mol. The van der Waals surface area contributed by atoms with Crippen LogP contribution in [0.2, 0.25) is 19.6 Å². The number of rotatable bonds is 7. The first-order valence-corrected chi connectivity index (χ1v) is 26.1. The predicted molar refractivity (Wildman–Crippen MR) is 277 cm³/mol. The molecule has 0 spiro atoms. The molecule has 0 aliphatic heterocycles. The summed E-state index contributed by atoms with van der Waals surface area (Å²) in [5.41, 5.74) is 11.3. The first kappa shape index (κ1) is 41.9. The van der Waals surface area contributed by atoms with E-state index in [1.54, 1.807) is 12.1 Å². The Morgan fingerprint density at radius 3 is 2.12 bits per heavy atom. The molecular formula is C60H52FIrN3OSi-2. The molecule has 7 heteroatoms. The van der Waals surface area contributed by atoms with Crippen molar-refractivity contribution in [2.45, 2.75) is 66.0 Å². The SMILES string of the molecule is C[Si](C)(C)c1ccnc(-c2[c-]cc(F)cc2)c1.[2H]C([2H])([2H])c1c[c-]c(-c2nc3ccccc3n2-c2c(C(C)C)cc(-c3ccccc3)cc2C(C)C)c2oc3cc4c(ccc5ccccc54)cc3c12.[Ir]. The summed E-state index contributed by atoms with van der Waals surface area (Å²) in [6.07, 6.45) is 1.82. The molecule has 4 nitrogen and oxygen atoms in total. The fraction of sp³-hybridized carbons (Fsp3) is 0.167. The second kappa shape index (κ2) is 18.3. The van der Waals surface area contributed by atoms with Crippen LogP contribution in [0.5, 0.6) is 0 Å². The van der Waals surface area contributed by atoms with Gasteiger partial charge in [-0.1, -0.05) is 155 Å². The number of nitrogens with zero attached hydrogens (tertiary/aromatic N) is 3. The van der Waals surface area contributed by atoms with Gasteiger partial charge in [0.15, 0.2) is 0 Å². The normalized spacial score (nSPS) is 12.7. The molecule has 8 aromatic carbocycles. The quantitative estimate of drug-likeness (QED) is 0.0907. The van der Waals surface area contributed by atoms with Crippen LogP contribution in [0.3, 0.4) is 0 Å². The van der Waals surface area contributed by atoms with E-state index in [1.807, 2.05) is 42.6 Å². The summed E-state index contributed by atoms with van der Waals surface area (Å²) in [7, 11) is -1.34. The number of aryl methyl sites for hydroxylation is 1. The maximum atomic E-state index is 12.8. The Labute approximate surface area is 411 Å². The Morgan fingerprint density at radius 2 is 1.40 bits per heavy atom. The number of aromatic nitrogens is 3. The number of benzene rings is 8. The van der Waals surface area contributed by atoms with Crippen molar-refractivity contribution in [2.75, 3.05) is 0 Å². The van der Waals surface area contributed by atoms with Crippen molar-refractivity contribution in [1.29, 1.82) is 0 Å². The van der Waals surface area contributed by atoms with Gasteiger partial charge in [0.2, 0.25) is 0 Å². The molecule has 0 N–H and O–H groups in total. The summed E-state index contributed by atoms with van der Waals surface area (Å²) in [5, 5.41) is 7.02. The monoisotopic (exact) mass is 1070 g/mol. The molecule has 0 amide bonds. The molecule has 3 heterocycles. The van der Waals surface area contributed by atoms with Gasteiger partial charge in [-0.2, -0.15) is 0 Å². The molecule has 0 saturated heterocycles. The van der Waals surface area contributed by atoms with Crippen LogP contribution < -0.4 is 5.19 Å². The van der Waals surface area contributed by atoms with E-state index in [0.29, 0.717) is 27.9 Å². The van der Waals surface area contributed by atoms with Crippen LogP contribution in [0.1, 0.15) is 60.3 Å². The number of fused-ring (bicyclic) bond motifs is 7. The van der Waals surface area contributed by atoms with Gasteiger partial charge in [0.1, 0.15) is 5.58 Å². The maximum Gasteiger partial charge on any atom is 0.121 e. The van der Waals surface area contributed by atoms with E-state index >= 15 is 0 Å². The van der Waals surface area contributed by atoms with Crippen molar-refractivity contribution in [3.05, 3.63) is 192 Å². The Morgan fingerprint density at radius 1 is 0.687 bits per heavy atom. The van der Waals surface area contributed by atoms with Gasteiger partial charge >= 0.3 is 0 Å². The smallest absolute Gasteiger partial charge is 0.121 e. The minimum atomic E-state index is -2.38. The number of hydrogen-bond acceptors (Lipinski definition) is 3. The van der Waals surface area contributed by atoms with Crippen LogP contribution in [-0.2, 0) is 20.1 Å². The molecule has 0 fully saturated rings. The maximum absolute atomic E-state index is 12.8. The van der Waals surface area contributed by atoms with E-state index in [0.717, 1.165) is 54.9 Å². The van der Waals surface area contributed by atoms with Gasteiger partial charge in [-0.05, 0) is 104 Å². The van der Waals surface area contributed by atoms with Gasteiger partial charge in [-0.3, -0.25) is 9.37 Å². The van der Waals surface area contributed by atoms with Gasteiger partial charge in [-0.25, -0.2) is 0 Å². The molecule has 0 saturated carbocycles. The van der Waals surface area contributed by atoms with Crippen LogP contribution in [0.15, 0.2) is 162 Å². The Kier molecular flexibility index (Phi) is 11.4. The summed E-state index contributed by atoms with van der Waals surface area (Å²) < 4.78 is 47.6. The number of halogens is 1. The van der Waals surface area contributed by atoms with Crippen LogP contribution in [0, 0.1) is 24.8 Å². The largest absolute Gasteiger partial charge is 0.501 e. The molecule has 11 aromatic rings. The molecule has 0 unspecified atom stereocenters. The Bertz CT molecular complexity index is 3700. The average molecular weight is 1070 g/mol. The number of hydrogen-bond donors (Lipinski definition) is 0. The van der Waals surface area contributed by atoms with Crippen molar-refractivity contribution >= 4 is 67.8 Å². The predicted octanol–water partition coefficient (Wildman–Crippen LogP) is 16.2. The van der Waals surface area contributed by atoms with E-state index in [9.17, 15) is 4.39 Å². The number of imidazole rings is 1. The topological polar surface area (TPSA) is 43.9 Å². The van der Waals surface area contributed by atoms with E-state index in [4.69, 9.17) is 13.5 Å². The molecule has 0 bridgehead atoms. The molecule has 1 radical (unpaired) electrons. The second-order valence-electron chi connectivity index (χ2n) is 18.8. The standard InChI is InChI=1S/C46H37N2O.C14H15FNSi.Ir/c1-27(2)36-24-33(30-13-7-6-8-14-30)25-37(28(3)4)44(36)48-41-18-12-11-17-40(41)47-46(48)35-22-19-29(5)43-39-23-32-21-20-31-15-9-10-16-34(31)38(32)26-42(39)49-45(35)43;1-17(2,3)13-8-9-16-14(10-13)11-4-6-12(15)7-5-11;/h6-21,23-28H,1-5H3;4,6-10H,1-3H3;/q2*-1;/i5D3;;. The number of para-hydroxylation sites is 2. The van der Waals surface area contributed by atoms with Crippen LogP contribution in [0.4, 0.5) is 4.39 Å². The summed E-state index contributed by atoms with van der Waals surface area (Å²) in [6.45, 7) is 13.4. The van der Waals surface area contributed by atoms with Gasteiger partial charge in [0.05, 0.1) is 30.5 Å². The fourth-order valence-corrected chi connectivity index (χ4v) is 10.3. The summed E-state index contributed by atoms with van der Waals surface area (Å²) in [6, 6.07) is 56.6. The molecule has 335 valence electrons. The van der Waals surface area contributed by atoms with Gasteiger partial charge < -0.3 is 14.0 Å². The Hall–Kier alpha value is -6.50. The molecule has 0 aliphatic rings. The molecule has 67 heavy (non-hydrogen) atoms. The third kappa shape index (κ3) is 8.57. The minimum Gasteiger partial charge on any atom is -0.501 e. The van der Waals surface area contributed by atoms with Crippen molar-refractivity contribution in [1.82, 2.24) is 14.5 Å². The zero-order chi connectivity index (χ0) is 48.4. The van der Waals surface area contributed by atoms with Gasteiger partial charge in [0.25, 0.3) is 0 Å². The van der Waals surface area contributed by atoms with E-state index in [-0.39, 0.29) is 43.3 Å². The van der Waals surface area contributed by atoms with Gasteiger partial charge in [0, 0.05) is 47.3 Å². The summed E-state index contributed by atoms with van der Waals surface area (Å²) in [4.78, 5) is 9.60. The third-order valence-corrected chi connectivity index (χ3v) is 14.7. The van der Waals surface area contributed by atoms with Crippen LogP contribution >= 0.6 is 0 Å². The van der Waals surface area contributed by atoms with Gasteiger partial charge in [-0.15, -0.1) is 47.5 Å². The summed E-state index contributed by atoms with van der Waals surface area (Å²) >= 11 is 0. The van der Waals surface area contributed by atoms with Crippen molar-refractivity contribution < 1.29 is 33.0 Å². The molecule has 3 aromatic heterocycles. The number of pyridine rings is 1. The van der Waals surface area contributed by atoms with Crippen molar-refractivity contribution in [3.8, 4) is 39.5 Å². The Balaban J connectivity index is 0.000000286. The van der Waals surface area contributed by atoms with E-state index in [2.05, 4.69) is 160 Å². The second-order valence-corrected chi connectivity index (χ2v) is 23.9. The average Bonchev–Trinajstić information content (AvgIpc) is 3.91. The van der Waals surface area contributed by atoms with Crippen LogP contribution in [0.25, 0.3) is 94.0 Å².